The van der Waals surface area contributed by atoms with Gasteiger partial charge in [0, 0.05) is 30.5 Å². The number of ether oxygens (including phenoxy) is 2. The molecule has 10 atom stereocenters. The van der Waals surface area contributed by atoms with Crippen molar-refractivity contribution in [2.24, 2.45) is 34.0 Å². The summed E-state index contributed by atoms with van der Waals surface area (Å²) in [5.74, 6) is 2.31. The van der Waals surface area contributed by atoms with Crippen molar-refractivity contribution in [3.63, 3.8) is 0 Å². The highest BCUT2D eigenvalue weighted by atomic mass is 16.7. The maximum atomic E-state index is 14.0. The zero-order valence-electron chi connectivity index (χ0n) is 21.6. The molecule has 5 heterocycles. The fourth-order valence-corrected chi connectivity index (χ4v) is 11.5. The summed E-state index contributed by atoms with van der Waals surface area (Å²) in [7, 11) is 0. The van der Waals surface area contributed by atoms with E-state index in [0.29, 0.717) is 34.8 Å². The van der Waals surface area contributed by atoms with Crippen LogP contribution in [0.15, 0.2) is 0 Å². The first-order valence-corrected chi connectivity index (χ1v) is 14.2. The molecule has 33 heavy (non-hydrogen) atoms. The maximum absolute atomic E-state index is 14.0. The van der Waals surface area contributed by atoms with Crippen molar-refractivity contribution in [2.75, 3.05) is 6.61 Å². The highest BCUT2D eigenvalue weighted by molar-refractivity contribution is 5.85. The molecule has 0 aromatic rings. The van der Waals surface area contributed by atoms with Gasteiger partial charge in [0.1, 0.15) is 5.78 Å². The van der Waals surface area contributed by atoms with Crippen LogP contribution in [0.1, 0.15) is 105 Å². The summed E-state index contributed by atoms with van der Waals surface area (Å²) in [6, 6.07) is 1.48. The van der Waals surface area contributed by atoms with E-state index in [1.165, 1.54) is 44.9 Å². The number of carbonyl (C=O) groups is 1. The molecule has 2 saturated carbocycles. The van der Waals surface area contributed by atoms with E-state index in [1.54, 1.807) is 0 Å². The molecule has 0 radical (unpaired) electrons. The van der Waals surface area contributed by atoms with Gasteiger partial charge < -0.3 is 9.47 Å². The van der Waals surface area contributed by atoms with Crippen LogP contribution >= 0.6 is 0 Å². The summed E-state index contributed by atoms with van der Waals surface area (Å²) >= 11 is 0. The Bertz CT molecular complexity index is 888. The minimum atomic E-state index is -0.469. The number of rotatable bonds is 5. The van der Waals surface area contributed by atoms with Crippen molar-refractivity contribution in [3.8, 4) is 0 Å². The first-order chi connectivity index (χ1) is 15.6. The largest absolute Gasteiger partial charge is 0.349 e. The summed E-state index contributed by atoms with van der Waals surface area (Å²) in [5.41, 5.74) is 0.738. The predicted octanol–water partition coefficient (Wildman–Crippen LogP) is 5.73. The smallest absolute Gasteiger partial charge is 0.166 e. The topological polar surface area (TPSA) is 38.8 Å². The van der Waals surface area contributed by atoms with Gasteiger partial charge in [0.2, 0.25) is 0 Å². The van der Waals surface area contributed by atoms with Crippen LogP contribution in [0.25, 0.3) is 0 Å². The Morgan fingerprint density at radius 2 is 1.85 bits per heavy atom. The second kappa shape index (κ2) is 6.45. The fraction of sp³-hybridized carbons (Fsp3) is 0.966. The first-order valence-electron chi connectivity index (χ1n) is 14.2. The van der Waals surface area contributed by atoms with Gasteiger partial charge in [-0.1, -0.05) is 27.2 Å². The van der Waals surface area contributed by atoms with E-state index in [-0.39, 0.29) is 6.10 Å². The normalized spacial score (nSPS) is 58.4. The average molecular weight is 456 g/mol. The van der Waals surface area contributed by atoms with Crippen molar-refractivity contribution in [1.82, 2.24) is 4.90 Å². The molecule has 0 aromatic carbocycles. The number of nitrogens with zero attached hydrogens (tertiary/aromatic N) is 1. The van der Waals surface area contributed by atoms with Gasteiger partial charge in [-0.25, -0.2) is 0 Å². The molecule has 0 unspecified atom stereocenters. The molecule has 7 rings (SSSR count). The number of ketones is 1. The number of hydrogen-bond acceptors (Lipinski definition) is 4. The molecular weight excluding hydrogens is 410 g/mol. The molecule has 1 spiro atoms. The van der Waals surface area contributed by atoms with Gasteiger partial charge in [0.05, 0.1) is 18.1 Å². The number of piperidine rings is 1. The van der Waals surface area contributed by atoms with Gasteiger partial charge >= 0.3 is 0 Å². The van der Waals surface area contributed by atoms with E-state index < -0.39 is 11.2 Å². The van der Waals surface area contributed by atoms with E-state index in [4.69, 9.17) is 9.47 Å². The van der Waals surface area contributed by atoms with Crippen molar-refractivity contribution < 1.29 is 14.3 Å². The predicted molar refractivity (Wildman–Crippen MR) is 128 cm³/mol. The van der Waals surface area contributed by atoms with Crippen LogP contribution in [-0.2, 0) is 14.3 Å². The lowest BCUT2D eigenvalue weighted by Gasteiger charge is -2.57. The molecule has 6 bridgehead atoms. The monoisotopic (exact) mass is 455 g/mol. The summed E-state index contributed by atoms with van der Waals surface area (Å²) in [6.07, 6.45) is 13.6. The Morgan fingerprint density at radius 1 is 1.03 bits per heavy atom. The Hall–Kier alpha value is -0.450. The number of fused-ring (bicyclic) bond motifs is 3. The summed E-state index contributed by atoms with van der Waals surface area (Å²) in [4.78, 5) is 17.1. The average Bonchev–Trinajstić information content (AvgIpc) is 3.51. The van der Waals surface area contributed by atoms with Gasteiger partial charge in [-0.3, -0.25) is 9.69 Å². The van der Waals surface area contributed by atoms with E-state index >= 15 is 0 Å². The Morgan fingerprint density at radius 3 is 2.64 bits per heavy atom. The SMILES string of the molecule is CC(C)[C@H]1CC[C@@]2(C)[C@@H]3CC[C@]45CCC[C@H]4[C@@]2(CCC(=O)[C@@]2(C)CO[C@]4(C)CC[C@H]2O4)[C@H]1N35. The number of carbonyl (C=O) groups excluding carboxylic acids is 1. The summed E-state index contributed by atoms with van der Waals surface area (Å²) in [6.45, 7) is 12.3. The number of Topliss-reactive ketones (excluding diaryl/α,β-unsaturated/α-hetero) is 1. The molecule has 4 heteroatoms. The van der Waals surface area contributed by atoms with Gasteiger partial charge in [-0.15, -0.1) is 0 Å². The van der Waals surface area contributed by atoms with Gasteiger partial charge in [-0.05, 0) is 93.8 Å². The molecular formula is C29H45NO3. The van der Waals surface area contributed by atoms with E-state index in [2.05, 4.69) is 32.6 Å². The van der Waals surface area contributed by atoms with Crippen molar-refractivity contribution in [2.45, 2.75) is 135 Å². The van der Waals surface area contributed by atoms with E-state index in [9.17, 15) is 4.79 Å². The molecule has 184 valence electrons. The third-order valence-electron chi connectivity index (χ3n) is 13.0. The van der Waals surface area contributed by atoms with Crippen LogP contribution in [0.2, 0.25) is 0 Å². The van der Waals surface area contributed by atoms with E-state index in [1.807, 2.05) is 6.92 Å². The van der Waals surface area contributed by atoms with Crippen LogP contribution in [0.5, 0.6) is 0 Å². The van der Waals surface area contributed by atoms with Gasteiger partial charge in [-0.2, -0.15) is 0 Å². The zero-order valence-corrected chi connectivity index (χ0v) is 21.6. The molecule has 0 aromatic heterocycles. The fourth-order valence-electron chi connectivity index (χ4n) is 11.5. The molecule has 5 saturated heterocycles. The third-order valence-corrected chi connectivity index (χ3v) is 13.0. The molecule has 4 nitrogen and oxygen atoms in total. The molecule has 7 aliphatic rings. The van der Waals surface area contributed by atoms with Crippen molar-refractivity contribution in [1.29, 1.82) is 0 Å². The molecule has 5 aliphatic heterocycles. The minimum Gasteiger partial charge on any atom is -0.349 e. The van der Waals surface area contributed by atoms with Crippen LogP contribution in [0, 0.1) is 34.0 Å². The van der Waals surface area contributed by atoms with Crippen LogP contribution in [0.4, 0.5) is 0 Å². The molecule has 7 fully saturated rings. The molecule has 2 aliphatic carbocycles. The minimum absolute atomic E-state index is 0.0393. The molecule has 0 N–H and O–H groups in total. The highest BCUT2D eigenvalue weighted by Gasteiger charge is 2.84. The lowest BCUT2D eigenvalue weighted by molar-refractivity contribution is -0.282. The van der Waals surface area contributed by atoms with Crippen LogP contribution in [-0.4, -0.2) is 46.8 Å². The van der Waals surface area contributed by atoms with Crippen molar-refractivity contribution in [3.05, 3.63) is 0 Å². The second-order valence-electron chi connectivity index (χ2n) is 14.3. The van der Waals surface area contributed by atoms with Crippen molar-refractivity contribution >= 4 is 5.78 Å². The summed E-state index contributed by atoms with van der Waals surface area (Å²) in [5, 5.41) is 0. The number of hydrogen-bond donors (Lipinski definition) is 0. The standard InChI is InChI=1S/C29H45NO3/c1-18(2)19-8-13-26(4)21-9-15-28-12-6-7-20(28)29(26,24(19)30(21)28)16-10-22(31)25(3)17-32-27(5)14-11-23(25)33-27/h18-21,23-24H,6-17H2,1-5H3/t19-,20-,21+,23-,24+,25-,26+,27+,28-,29+/m1/s1. The second-order valence-corrected chi connectivity index (χ2v) is 14.3. The zero-order chi connectivity index (χ0) is 23.0. The van der Waals surface area contributed by atoms with Gasteiger partial charge in [0.15, 0.2) is 5.79 Å². The Balaban J connectivity index is 1.24. The lowest BCUT2D eigenvalue weighted by Crippen LogP contribution is -2.57. The Kier molecular flexibility index (Phi) is 4.26. The van der Waals surface area contributed by atoms with Crippen LogP contribution in [0.3, 0.4) is 0 Å². The first kappa shape index (κ1) is 21.8. The third kappa shape index (κ3) is 2.30. The quantitative estimate of drug-likeness (QED) is 0.531. The lowest BCUT2D eigenvalue weighted by atomic mass is 9.46. The van der Waals surface area contributed by atoms with Gasteiger partial charge in [0.25, 0.3) is 0 Å². The summed E-state index contributed by atoms with van der Waals surface area (Å²) < 4.78 is 12.4. The van der Waals surface area contributed by atoms with E-state index in [0.717, 1.165) is 49.5 Å². The highest BCUT2D eigenvalue weighted by Crippen LogP contribution is 2.82. The van der Waals surface area contributed by atoms with Crippen LogP contribution < -0.4 is 0 Å². The molecule has 0 amide bonds. The Labute approximate surface area is 200 Å². The maximum Gasteiger partial charge on any atom is 0.166 e.